The third kappa shape index (κ3) is 1.47. The fourth-order valence-electron chi connectivity index (χ4n) is 1.39. The Morgan fingerprint density at radius 2 is 2.29 bits per heavy atom. The Kier molecular flexibility index (Phi) is 2.37. The molecule has 1 aromatic carbocycles. The monoisotopic (exact) mass is 232 g/mol. The number of nitrogens with two attached hydrogens (primary N) is 1. The zero-order chi connectivity index (χ0) is 10.3. The molecular formula is C9H10Cl2N2O. The maximum atomic E-state index is 6.00. The average molecular weight is 233 g/mol. The second kappa shape index (κ2) is 3.41. The maximum Gasteiger partial charge on any atom is 0.165 e. The van der Waals surface area contributed by atoms with Gasteiger partial charge < -0.3 is 15.8 Å². The smallest absolute Gasteiger partial charge is 0.165 e. The molecule has 0 aliphatic carbocycles. The Morgan fingerprint density at radius 1 is 1.57 bits per heavy atom. The molecule has 2 rings (SSSR count). The summed E-state index contributed by atoms with van der Waals surface area (Å²) < 4.78 is 5.57. The molecule has 0 saturated heterocycles. The van der Waals surface area contributed by atoms with E-state index >= 15 is 0 Å². The predicted octanol–water partition coefficient (Wildman–Crippen LogP) is 2.77. The fourth-order valence-corrected chi connectivity index (χ4v) is 1.85. The van der Waals surface area contributed by atoms with Gasteiger partial charge in [-0.1, -0.05) is 23.2 Å². The molecular weight excluding hydrogens is 223 g/mol. The van der Waals surface area contributed by atoms with Crippen molar-refractivity contribution < 1.29 is 4.74 Å². The third-order valence-electron chi connectivity index (χ3n) is 2.09. The zero-order valence-corrected chi connectivity index (χ0v) is 9.12. The van der Waals surface area contributed by atoms with Gasteiger partial charge in [0, 0.05) is 0 Å². The number of ether oxygens (including phenoxy) is 1. The average Bonchev–Trinajstić information content (AvgIpc) is 2.14. The van der Waals surface area contributed by atoms with E-state index in [0.717, 1.165) is 5.69 Å². The van der Waals surface area contributed by atoms with E-state index in [1.165, 1.54) is 0 Å². The molecule has 5 heteroatoms. The molecule has 0 radical (unpaired) electrons. The number of nitrogen functional groups attached to an aromatic ring is 1. The van der Waals surface area contributed by atoms with Crippen LogP contribution < -0.4 is 15.8 Å². The van der Waals surface area contributed by atoms with E-state index in [1.807, 2.05) is 6.92 Å². The van der Waals surface area contributed by atoms with Gasteiger partial charge in [-0.25, -0.2) is 0 Å². The van der Waals surface area contributed by atoms with Crippen molar-refractivity contribution in [2.75, 3.05) is 17.6 Å². The van der Waals surface area contributed by atoms with Crippen molar-refractivity contribution in [1.29, 1.82) is 0 Å². The van der Waals surface area contributed by atoms with Gasteiger partial charge in [-0.15, -0.1) is 0 Å². The van der Waals surface area contributed by atoms with Crippen molar-refractivity contribution in [1.82, 2.24) is 0 Å². The molecule has 1 heterocycles. The predicted molar refractivity (Wildman–Crippen MR) is 59.5 cm³/mol. The van der Waals surface area contributed by atoms with Crippen molar-refractivity contribution in [3.05, 3.63) is 16.1 Å². The molecule has 1 atom stereocenters. The first-order valence-corrected chi connectivity index (χ1v) is 5.03. The van der Waals surface area contributed by atoms with E-state index in [4.69, 9.17) is 33.7 Å². The van der Waals surface area contributed by atoms with Crippen LogP contribution in [0.2, 0.25) is 10.0 Å². The van der Waals surface area contributed by atoms with E-state index < -0.39 is 0 Å². The van der Waals surface area contributed by atoms with Crippen molar-refractivity contribution in [2.45, 2.75) is 13.0 Å². The second-order valence-corrected chi connectivity index (χ2v) is 4.06. The Bertz CT molecular complexity index is 382. The highest BCUT2D eigenvalue weighted by Gasteiger charge is 2.22. The van der Waals surface area contributed by atoms with Gasteiger partial charge in [0.15, 0.2) is 5.75 Å². The maximum absolute atomic E-state index is 6.00. The van der Waals surface area contributed by atoms with Crippen LogP contribution >= 0.6 is 23.2 Å². The molecule has 1 unspecified atom stereocenters. The first-order chi connectivity index (χ1) is 6.59. The van der Waals surface area contributed by atoms with Gasteiger partial charge in [-0.2, -0.15) is 0 Å². The highest BCUT2D eigenvalue weighted by atomic mass is 35.5. The van der Waals surface area contributed by atoms with Crippen LogP contribution in [0, 0.1) is 0 Å². The lowest BCUT2D eigenvalue weighted by molar-refractivity contribution is 0.226. The molecule has 0 bridgehead atoms. The number of hydrogen-bond acceptors (Lipinski definition) is 3. The van der Waals surface area contributed by atoms with Crippen LogP contribution in [-0.4, -0.2) is 12.6 Å². The van der Waals surface area contributed by atoms with E-state index in [2.05, 4.69) is 5.32 Å². The van der Waals surface area contributed by atoms with Crippen LogP contribution in [0.3, 0.4) is 0 Å². The van der Waals surface area contributed by atoms with Crippen LogP contribution in [-0.2, 0) is 0 Å². The molecule has 0 saturated carbocycles. The third-order valence-corrected chi connectivity index (χ3v) is 2.77. The molecule has 3 N–H and O–H groups in total. The Hall–Kier alpha value is -0.800. The number of nitrogens with one attached hydrogen (secondary N) is 1. The minimum Gasteiger partial charge on any atom is -0.485 e. The van der Waals surface area contributed by atoms with Crippen LogP contribution in [0.5, 0.6) is 5.75 Å². The van der Waals surface area contributed by atoms with E-state index in [1.54, 1.807) is 6.07 Å². The Balaban J connectivity index is 2.57. The van der Waals surface area contributed by atoms with Gasteiger partial charge in [-0.3, -0.25) is 0 Å². The van der Waals surface area contributed by atoms with Gasteiger partial charge in [0.25, 0.3) is 0 Å². The van der Waals surface area contributed by atoms with Crippen molar-refractivity contribution >= 4 is 34.6 Å². The summed E-state index contributed by atoms with van der Waals surface area (Å²) in [7, 11) is 0. The molecule has 14 heavy (non-hydrogen) atoms. The highest BCUT2D eigenvalue weighted by Crippen LogP contribution is 2.44. The van der Waals surface area contributed by atoms with Gasteiger partial charge in [-0.05, 0) is 13.0 Å². The standard InChI is InChI=1S/C9H10Cl2N2O/c1-4-3-13-8-5(10)2-6(12)7(11)9(8)14-4/h2,4,13H,3,12H2,1H3. The molecule has 0 spiro atoms. The lowest BCUT2D eigenvalue weighted by atomic mass is 10.2. The topological polar surface area (TPSA) is 47.3 Å². The normalized spacial score (nSPS) is 19.5. The van der Waals surface area contributed by atoms with E-state index in [9.17, 15) is 0 Å². The zero-order valence-electron chi connectivity index (χ0n) is 7.60. The van der Waals surface area contributed by atoms with E-state index in [0.29, 0.717) is 28.0 Å². The van der Waals surface area contributed by atoms with E-state index in [-0.39, 0.29) is 6.10 Å². The molecule has 1 aliphatic rings. The molecule has 1 aliphatic heterocycles. The molecule has 0 aromatic heterocycles. The van der Waals surface area contributed by atoms with Crippen LogP contribution in [0.4, 0.5) is 11.4 Å². The SMILES string of the molecule is CC1CNc2c(Cl)cc(N)c(Cl)c2O1. The van der Waals surface area contributed by atoms with Crippen LogP contribution in [0.15, 0.2) is 6.07 Å². The first kappa shape index (κ1) is 9.74. The fraction of sp³-hybridized carbons (Fsp3) is 0.333. The number of hydrogen-bond donors (Lipinski definition) is 2. The summed E-state index contributed by atoms with van der Waals surface area (Å²) in [5, 5.41) is 4.11. The lowest BCUT2D eigenvalue weighted by Gasteiger charge is -2.26. The summed E-state index contributed by atoms with van der Waals surface area (Å²) in [4.78, 5) is 0. The highest BCUT2D eigenvalue weighted by molar-refractivity contribution is 6.38. The molecule has 0 amide bonds. The summed E-state index contributed by atoms with van der Waals surface area (Å²) in [5.74, 6) is 0.551. The summed E-state index contributed by atoms with van der Waals surface area (Å²) in [6, 6.07) is 1.62. The van der Waals surface area contributed by atoms with Crippen molar-refractivity contribution in [3.63, 3.8) is 0 Å². The molecule has 3 nitrogen and oxygen atoms in total. The number of rotatable bonds is 0. The van der Waals surface area contributed by atoms with Crippen LogP contribution in [0.25, 0.3) is 0 Å². The molecule has 0 fully saturated rings. The second-order valence-electron chi connectivity index (χ2n) is 3.28. The first-order valence-electron chi connectivity index (χ1n) is 4.27. The van der Waals surface area contributed by atoms with Crippen molar-refractivity contribution in [2.24, 2.45) is 0 Å². The number of benzene rings is 1. The van der Waals surface area contributed by atoms with Gasteiger partial charge >= 0.3 is 0 Å². The summed E-state index contributed by atoms with van der Waals surface area (Å²) in [6.45, 7) is 2.66. The van der Waals surface area contributed by atoms with Gasteiger partial charge in [0.2, 0.25) is 0 Å². The lowest BCUT2D eigenvalue weighted by Crippen LogP contribution is -2.28. The summed E-state index contributed by atoms with van der Waals surface area (Å²) in [6.07, 6.45) is 0.0675. The summed E-state index contributed by atoms with van der Waals surface area (Å²) >= 11 is 12.0. The van der Waals surface area contributed by atoms with Crippen LogP contribution in [0.1, 0.15) is 6.92 Å². The minimum absolute atomic E-state index is 0.0675. The Morgan fingerprint density at radius 3 is 3.00 bits per heavy atom. The molecule has 76 valence electrons. The number of halogens is 2. The largest absolute Gasteiger partial charge is 0.485 e. The van der Waals surface area contributed by atoms with Gasteiger partial charge in [0.05, 0.1) is 22.9 Å². The number of anilines is 2. The van der Waals surface area contributed by atoms with Gasteiger partial charge in [0.1, 0.15) is 11.1 Å². The minimum atomic E-state index is 0.0675. The number of fused-ring (bicyclic) bond motifs is 1. The Labute approximate surface area is 92.1 Å². The molecule has 1 aromatic rings. The quantitative estimate of drug-likeness (QED) is 0.677. The summed E-state index contributed by atoms with van der Waals surface area (Å²) in [5.41, 5.74) is 6.83. The van der Waals surface area contributed by atoms with Crippen molar-refractivity contribution in [3.8, 4) is 5.75 Å².